The van der Waals surface area contributed by atoms with Crippen LogP contribution in [0, 0.1) is 5.92 Å². The third-order valence-corrected chi connectivity index (χ3v) is 5.11. The smallest absolute Gasteiger partial charge is 0.241 e. The Morgan fingerprint density at radius 3 is 2.69 bits per heavy atom. The summed E-state index contributed by atoms with van der Waals surface area (Å²) in [5.74, 6) is 1.85. The van der Waals surface area contributed by atoms with Crippen molar-refractivity contribution >= 4 is 11.6 Å². The second kappa shape index (κ2) is 10.4. The third kappa shape index (κ3) is 5.61. The first kappa shape index (κ1) is 20.5. The number of nitrogens with one attached hydrogen (secondary N) is 1. The van der Waals surface area contributed by atoms with Crippen LogP contribution in [0.5, 0.6) is 11.5 Å². The zero-order valence-electron chi connectivity index (χ0n) is 16.4. The molecule has 1 aromatic rings. The van der Waals surface area contributed by atoms with Crippen molar-refractivity contribution in [3.8, 4) is 11.5 Å². The average Bonchev–Trinajstić information content (AvgIpc) is 2.91. The van der Waals surface area contributed by atoms with E-state index in [4.69, 9.17) is 14.2 Å². The van der Waals surface area contributed by atoms with Gasteiger partial charge in [-0.05, 0) is 50.8 Å². The first-order chi connectivity index (χ1) is 12.6. The maximum absolute atomic E-state index is 12.7. The van der Waals surface area contributed by atoms with Crippen LogP contribution in [0.3, 0.4) is 0 Å². The fourth-order valence-electron chi connectivity index (χ4n) is 3.46. The van der Waals surface area contributed by atoms with Gasteiger partial charge in [0.25, 0.3) is 0 Å². The summed E-state index contributed by atoms with van der Waals surface area (Å²) in [7, 11) is 4.93. The lowest BCUT2D eigenvalue weighted by Crippen LogP contribution is -2.44. The van der Waals surface area contributed by atoms with Crippen LogP contribution < -0.4 is 14.8 Å². The monoisotopic (exact) mass is 364 g/mol. The molecule has 1 saturated heterocycles. The van der Waals surface area contributed by atoms with Gasteiger partial charge in [0.15, 0.2) is 11.5 Å². The Kier molecular flexibility index (Phi) is 8.19. The molecule has 0 aromatic heterocycles. The van der Waals surface area contributed by atoms with Gasteiger partial charge in [-0.3, -0.25) is 9.69 Å². The Labute approximate surface area is 156 Å². The number of amides is 1. The van der Waals surface area contributed by atoms with E-state index in [0.717, 1.165) is 32.5 Å². The molecule has 1 fully saturated rings. The molecule has 1 heterocycles. The minimum absolute atomic E-state index is 0.00427. The average molecular weight is 364 g/mol. The van der Waals surface area contributed by atoms with Crippen LogP contribution >= 0.6 is 0 Å². The van der Waals surface area contributed by atoms with Crippen molar-refractivity contribution in [2.24, 2.45) is 5.92 Å². The molecule has 26 heavy (non-hydrogen) atoms. The van der Waals surface area contributed by atoms with E-state index in [-0.39, 0.29) is 11.9 Å². The van der Waals surface area contributed by atoms with Gasteiger partial charge in [-0.2, -0.15) is 0 Å². The van der Waals surface area contributed by atoms with E-state index < -0.39 is 0 Å². The minimum Gasteiger partial charge on any atom is -0.493 e. The van der Waals surface area contributed by atoms with Gasteiger partial charge in [0.1, 0.15) is 0 Å². The van der Waals surface area contributed by atoms with Crippen LogP contribution in [-0.4, -0.2) is 57.9 Å². The molecule has 0 bridgehead atoms. The van der Waals surface area contributed by atoms with Crippen LogP contribution in [0.2, 0.25) is 0 Å². The van der Waals surface area contributed by atoms with Crippen molar-refractivity contribution in [3.63, 3.8) is 0 Å². The lowest BCUT2D eigenvalue weighted by molar-refractivity contribution is -0.120. The Morgan fingerprint density at radius 1 is 1.23 bits per heavy atom. The third-order valence-electron chi connectivity index (χ3n) is 5.11. The van der Waals surface area contributed by atoms with Gasteiger partial charge < -0.3 is 19.5 Å². The molecule has 1 aromatic carbocycles. The molecule has 146 valence electrons. The van der Waals surface area contributed by atoms with E-state index in [2.05, 4.69) is 10.2 Å². The lowest BCUT2D eigenvalue weighted by Gasteiger charge is -2.29. The van der Waals surface area contributed by atoms with Gasteiger partial charge in [-0.1, -0.05) is 6.42 Å². The number of carbonyl (C=O) groups excluding carboxylic acids is 1. The van der Waals surface area contributed by atoms with Crippen molar-refractivity contribution in [1.29, 1.82) is 0 Å². The molecule has 2 atom stereocenters. The second-order valence-corrected chi connectivity index (χ2v) is 6.87. The van der Waals surface area contributed by atoms with E-state index in [1.165, 1.54) is 12.8 Å². The molecule has 0 saturated carbocycles. The van der Waals surface area contributed by atoms with Gasteiger partial charge in [0, 0.05) is 32.0 Å². The number of hydrogen-bond donors (Lipinski definition) is 1. The molecule has 6 nitrogen and oxygen atoms in total. The van der Waals surface area contributed by atoms with E-state index in [1.807, 2.05) is 13.0 Å². The molecule has 0 spiro atoms. The minimum atomic E-state index is -0.175. The number of likely N-dealkylation sites (tertiary alicyclic amines) is 1. The summed E-state index contributed by atoms with van der Waals surface area (Å²) >= 11 is 0. The zero-order valence-corrected chi connectivity index (χ0v) is 16.4. The van der Waals surface area contributed by atoms with Crippen molar-refractivity contribution in [3.05, 3.63) is 18.2 Å². The van der Waals surface area contributed by atoms with Gasteiger partial charge >= 0.3 is 0 Å². The van der Waals surface area contributed by atoms with E-state index in [1.54, 1.807) is 33.5 Å². The molecule has 0 aliphatic carbocycles. The lowest BCUT2D eigenvalue weighted by atomic mass is 10.00. The van der Waals surface area contributed by atoms with Crippen molar-refractivity contribution in [2.45, 2.75) is 38.6 Å². The number of methoxy groups -OCH3 is 3. The summed E-state index contributed by atoms with van der Waals surface area (Å²) in [6.45, 7) is 4.67. The highest BCUT2D eigenvalue weighted by atomic mass is 16.5. The van der Waals surface area contributed by atoms with Crippen LogP contribution in [0.15, 0.2) is 18.2 Å². The Bertz CT molecular complexity index is 579. The molecule has 1 aliphatic heterocycles. The highest BCUT2D eigenvalue weighted by Gasteiger charge is 2.26. The topological polar surface area (TPSA) is 60.0 Å². The number of rotatable bonds is 8. The quantitative estimate of drug-likeness (QED) is 0.768. The van der Waals surface area contributed by atoms with Crippen LogP contribution in [0.25, 0.3) is 0 Å². The molecule has 1 N–H and O–H groups in total. The number of benzene rings is 1. The highest BCUT2D eigenvalue weighted by Crippen LogP contribution is 2.30. The number of nitrogens with zero attached hydrogens (tertiary/aromatic N) is 1. The molecule has 0 unspecified atom stereocenters. The molecule has 2 rings (SSSR count). The Morgan fingerprint density at radius 2 is 2.00 bits per heavy atom. The van der Waals surface area contributed by atoms with Gasteiger partial charge in [-0.15, -0.1) is 0 Å². The number of anilines is 1. The Balaban J connectivity index is 1.99. The highest BCUT2D eigenvalue weighted by molar-refractivity contribution is 5.94. The molecular formula is C20H32N2O4. The van der Waals surface area contributed by atoms with E-state index >= 15 is 0 Å². The summed E-state index contributed by atoms with van der Waals surface area (Å²) in [6.07, 6.45) is 4.62. The SMILES string of the molecule is COCC[C@H]1CCCCN([C@H](C)C(=O)Nc2ccc(OC)c(OC)c2)C1. The van der Waals surface area contributed by atoms with Gasteiger partial charge in [0.05, 0.1) is 20.3 Å². The predicted octanol–water partition coefficient (Wildman–Crippen LogP) is 3.17. The van der Waals surface area contributed by atoms with E-state index in [0.29, 0.717) is 23.1 Å². The molecule has 1 aliphatic rings. The van der Waals surface area contributed by atoms with E-state index in [9.17, 15) is 4.79 Å². The summed E-state index contributed by atoms with van der Waals surface area (Å²) in [6, 6.07) is 5.24. The van der Waals surface area contributed by atoms with Crippen molar-refractivity contribution in [1.82, 2.24) is 4.90 Å². The molecular weight excluding hydrogens is 332 g/mol. The van der Waals surface area contributed by atoms with Crippen molar-refractivity contribution in [2.75, 3.05) is 46.3 Å². The van der Waals surface area contributed by atoms with Crippen molar-refractivity contribution < 1.29 is 19.0 Å². The maximum Gasteiger partial charge on any atom is 0.241 e. The molecule has 6 heteroatoms. The van der Waals surface area contributed by atoms with Crippen LogP contribution in [0.1, 0.15) is 32.6 Å². The second-order valence-electron chi connectivity index (χ2n) is 6.87. The Hall–Kier alpha value is -1.79. The largest absolute Gasteiger partial charge is 0.493 e. The van der Waals surface area contributed by atoms with Gasteiger partial charge in [0.2, 0.25) is 5.91 Å². The standard InChI is InChI=1S/C20H32N2O4/c1-15(22-11-6-5-7-16(14-22)10-12-24-2)20(23)21-17-8-9-18(25-3)19(13-17)26-4/h8-9,13,15-16H,5-7,10-12,14H2,1-4H3,(H,21,23)/t15-,16-/m1/s1. The predicted molar refractivity (Wildman–Crippen MR) is 103 cm³/mol. The fourth-order valence-corrected chi connectivity index (χ4v) is 3.46. The first-order valence-corrected chi connectivity index (χ1v) is 9.35. The number of carbonyl (C=O) groups is 1. The normalized spacial score (nSPS) is 19.5. The van der Waals surface area contributed by atoms with Gasteiger partial charge in [-0.25, -0.2) is 0 Å². The maximum atomic E-state index is 12.7. The fraction of sp³-hybridized carbons (Fsp3) is 0.650. The molecule has 1 amide bonds. The number of hydrogen-bond acceptors (Lipinski definition) is 5. The summed E-state index contributed by atoms with van der Waals surface area (Å²) in [5.41, 5.74) is 0.713. The zero-order chi connectivity index (χ0) is 18.9. The summed E-state index contributed by atoms with van der Waals surface area (Å²) < 4.78 is 15.8. The van der Waals surface area contributed by atoms with Crippen LogP contribution in [-0.2, 0) is 9.53 Å². The molecule has 0 radical (unpaired) electrons. The van der Waals surface area contributed by atoms with Crippen LogP contribution in [0.4, 0.5) is 5.69 Å². The summed E-state index contributed by atoms with van der Waals surface area (Å²) in [5, 5.41) is 3.00. The first-order valence-electron chi connectivity index (χ1n) is 9.35. The number of ether oxygens (including phenoxy) is 3. The summed E-state index contributed by atoms with van der Waals surface area (Å²) in [4.78, 5) is 15.0.